The van der Waals surface area contributed by atoms with Gasteiger partial charge >= 0.3 is 5.97 Å². The summed E-state index contributed by atoms with van der Waals surface area (Å²) < 4.78 is 2.17. The summed E-state index contributed by atoms with van der Waals surface area (Å²) in [4.78, 5) is 11.0. The van der Waals surface area contributed by atoms with Crippen molar-refractivity contribution in [2.75, 3.05) is 0 Å². The number of nitrogens with zero attached hydrogens (tertiary/aromatic N) is 1. The number of carboxylic acids is 1. The van der Waals surface area contributed by atoms with Crippen molar-refractivity contribution >= 4 is 17.7 Å². The molecule has 25 heavy (non-hydrogen) atoms. The van der Waals surface area contributed by atoms with E-state index >= 15 is 0 Å². The van der Waals surface area contributed by atoms with Crippen LogP contribution in [0.1, 0.15) is 22.4 Å². The van der Waals surface area contributed by atoms with E-state index in [1.807, 2.05) is 48.3 Å². The Labute approximate surface area is 152 Å². The molecule has 3 rings (SSSR count). The summed E-state index contributed by atoms with van der Waals surface area (Å²) in [5.41, 5.74) is 4.55. The molecule has 128 valence electrons. The first-order valence-corrected chi connectivity index (χ1v) is 9.41. The first-order valence-electron chi connectivity index (χ1n) is 8.26. The van der Waals surface area contributed by atoms with Gasteiger partial charge in [0.2, 0.25) is 0 Å². The second kappa shape index (κ2) is 8.58. The summed E-state index contributed by atoms with van der Waals surface area (Å²) in [7, 11) is 0. The zero-order valence-electron chi connectivity index (χ0n) is 14.0. The van der Waals surface area contributed by atoms with Crippen molar-refractivity contribution in [3.05, 3.63) is 95.3 Å². The predicted octanol–water partition coefficient (Wildman–Crippen LogP) is 4.60. The lowest BCUT2D eigenvalue weighted by Crippen LogP contribution is -2.02. The molecule has 0 aliphatic carbocycles. The number of hydrogen-bond acceptors (Lipinski definition) is 2. The van der Waals surface area contributed by atoms with E-state index < -0.39 is 5.97 Å². The summed E-state index contributed by atoms with van der Waals surface area (Å²) in [6.07, 6.45) is 2.04. The van der Waals surface area contributed by atoms with Gasteiger partial charge in [-0.1, -0.05) is 60.7 Å². The Hall–Kier alpha value is -2.46. The molecule has 3 nitrogen and oxygen atoms in total. The Kier molecular flexibility index (Phi) is 5.96. The predicted molar refractivity (Wildman–Crippen MR) is 103 cm³/mol. The highest BCUT2D eigenvalue weighted by atomic mass is 32.2. The normalized spacial score (nSPS) is 10.7. The highest BCUT2D eigenvalue weighted by molar-refractivity contribution is 7.97. The van der Waals surface area contributed by atoms with Crippen molar-refractivity contribution in [2.45, 2.75) is 24.5 Å². The van der Waals surface area contributed by atoms with Crippen molar-refractivity contribution in [1.82, 2.24) is 4.57 Å². The van der Waals surface area contributed by atoms with Crippen LogP contribution in [0.5, 0.6) is 0 Å². The van der Waals surface area contributed by atoms with E-state index in [0.29, 0.717) is 0 Å². The largest absolute Gasteiger partial charge is 0.481 e. The van der Waals surface area contributed by atoms with Crippen LogP contribution in [0.4, 0.5) is 0 Å². The Bertz CT molecular complexity index is 812. The molecule has 4 heteroatoms. The first-order chi connectivity index (χ1) is 12.2. The lowest BCUT2D eigenvalue weighted by molar-refractivity contribution is -0.136. The van der Waals surface area contributed by atoms with Gasteiger partial charge in [-0.15, -0.1) is 0 Å². The summed E-state index contributed by atoms with van der Waals surface area (Å²) >= 11 is 1.85. The summed E-state index contributed by atoms with van der Waals surface area (Å²) in [5.74, 6) is 1.02. The number of thioether (sulfide) groups is 1. The van der Waals surface area contributed by atoms with Crippen LogP contribution in [0.2, 0.25) is 0 Å². The molecule has 2 aromatic carbocycles. The molecular weight excluding hydrogens is 330 g/mol. The standard InChI is InChI=1S/C21H21NO2S/c23-21(24)12-19-11-20(16-25-15-18-9-5-2-6-10-18)22(14-19)13-17-7-3-1-4-8-17/h1-11,14H,12-13,15-16H2,(H,23,24). The molecule has 1 N–H and O–H groups in total. The number of carbonyl (C=O) groups is 1. The van der Waals surface area contributed by atoms with Crippen molar-refractivity contribution in [1.29, 1.82) is 0 Å². The molecule has 0 unspecified atom stereocenters. The van der Waals surface area contributed by atoms with Gasteiger partial charge in [0.25, 0.3) is 0 Å². The minimum atomic E-state index is -0.791. The van der Waals surface area contributed by atoms with Crippen LogP contribution in [-0.2, 0) is 29.3 Å². The van der Waals surface area contributed by atoms with Gasteiger partial charge in [0.05, 0.1) is 6.42 Å². The Morgan fingerprint density at radius 1 is 0.880 bits per heavy atom. The number of rotatable bonds is 8. The molecule has 0 radical (unpaired) electrons. The smallest absolute Gasteiger partial charge is 0.307 e. The lowest BCUT2D eigenvalue weighted by atomic mass is 10.2. The van der Waals surface area contributed by atoms with Crippen molar-refractivity contribution in [2.24, 2.45) is 0 Å². The third kappa shape index (κ3) is 5.26. The molecule has 0 saturated carbocycles. The summed E-state index contributed by atoms with van der Waals surface area (Å²) in [5, 5.41) is 9.07. The van der Waals surface area contributed by atoms with Crippen LogP contribution in [0.3, 0.4) is 0 Å². The number of aromatic nitrogens is 1. The van der Waals surface area contributed by atoms with Crippen molar-refractivity contribution in [3.8, 4) is 0 Å². The fourth-order valence-electron chi connectivity index (χ4n) is 2.79. The number of aliphatic carboxylic acids is 1. The molecule has 0 amide bonds. The maximum atomic E-state index is 11.0. The Balaban J connectivity index is 1.71. The molecule has 0 saturated heterocycles. The minimum absolute atomic E-state index is 0.0676. The van der Waals surface area contributed by atoms with Gasteiger partial charge in [0, 0.05) is 29.9 Å². The molecule has 0 atom stereocenters. The van der Waals surface area contributed by atoms with Crippen LogP contribution in [0, 0.1) is 0 Å². The maximum absolute atomic E-state index is 11.0. The maximum Gasteiger partial charge on any atom is 0.307 e. The van der Waals surface area contributed by atoms with Crippen LogP contribution in [0.15, 0.2) is 72.9 Å². The van der Waals surface area contributed by atoms with Crippen LogP contribution >= 0.6 is 11.8 Å². The molecule has 1 aromatic heterocycles. The molecule has 0 aliphatic heterocycles. The monoisotopic (exact) mass is 351 g/mol. The van der Waals surface area contributed by atoms with Gasteiger partial charge in [0.15, 0.2) is 0 Å². The van der Waals surface area contributed by atoms with Gasteiger partial charge in [-0.05, 0) is 22.8 Å². The van der Waals surface area contributed by atoms with E-state index in [-0.39, 0.29) is 6.42 Å². The third-order valence-electron chi connectivity index (χ3n) is 3.96. The fraction of sp³-hybridized carbons (Fsp3) is 0.190. The van der Waals surface area contributed by atoms with Crippen LogP contribution < -0.4 is 0 Å². The van der Waals surface area contributed by atoms with E-state index in [0.717, 1.165) is 23.6 Å². The van der Waals surface area contributed by atoms with Gasteiger partial charge in [-0.25, -0.2) is 0 Å². The van der Waals surface area contributed by atoms with Gasteiger partial charge in [-0.3, -0.25) is 4.79 Å². The molecule has 0 fully saturated rings. The third-order valence-corrected chi connectivity index (χ3v) is 4.99. The van der Waals surface area contributed by atoms with E-state index in [9.17, 15) is 4.79 Å². The zero-order valence-corrected chi connectivity index (χ0v) is 14.8. The highest BCUT2D eigenvalue weighted by Crippen LogP contribution is 2.21. The number of benzene rings is 2. The van der Waals surface area contributed by atoms with Gasteiger partial charge in [-0.2, -0.15) is 11.8 Å². The summed E-state index contributed by atoms with van der Waals surface area (Å²) in [6, 6.07) is 22.7. The molecule has 0 aliphatic rings. The second-order valence-electron chi connectivity index (χ2n) is 6.00. The Morgan fingerprint density at radius 3 is 2.16 bits per heavy atom. The van der Waals surface area contributed by atoms with Crippen LogP contribution in [0.25, 0.3) is 0 Å². The van der Waals surface area contributed by atoms with Crippen LogP contribution in [-0.4, -0.2) is 15.6 Å². The number of carboxylic acid groups (broad SMARTS) is 1. The van der Waals surface area contributed by atoms with Crippen molar-refractivity contribution < 1.29 is 9.90 Å². The quantitative estimate of drug-likeness (QED) is 0.645. The Morgan fingerprint density at radius 2 is 1.52 bits per heavy atom. The second-order valence-corrected chi connectivity index (χ2v) is 6.99. The fourth-order valence-corrected chi connectivity index (χ4v) is 3.78. The van der Waals surface area contributed by atoms with Crippen molar-refractivity contribution in [3.63, 3.8) is 0 Å². The van der Waals surface area contributed by atoms with E-state index in [4.69, 9.17) is 5.11 Å². The lowest BCUT2D eigenvalue weighted by Gasteiger charge is -2.09. The first kappa shape index (κ1) is 17.4. The topological polar surface area (TPSA) is 42.2 Å². The average molecular weight is 351 g/mol. The number of hydrogen-bond donors (Lipinski definition) is 1. The van der Waals surface area contributed by atoms with E-state index in [1.54, 1.807) is 0 Å². The highest BCUT2D eigenvalue weighted by Gasteiger charge is 2.10. The SMILES string of the molecule is O=C(O)Cc1cc(CSCc2ccccc2)n(Cc2ccccc2)c1. The zero-order chi connectivity index (χ0) is 17.5. The summed E-state index contributed by atoms with van der Waals surface area (Å²) in [6.45, 7) is 0.766. The minimum Gasteiger partial charge on any atom is -0.481 e. The molecule has 0 spiro atoms. The molecular formula is C21H21NO2S. The molecule has 3 aromatic rings. The van der Waals surface area contributed by atoms with Gasteiger partial charge < -0.3 is 9.67 Å². The molecule has 1 heterocycles. The van der Waals surface area contributed by atoms with E-state index in [2.05, 4.69) is 41.0 Å². The average Bonchev–Trinajstić information content (AvgIpc) is 2.97. The molecule has 0 bridgehead atoms. The van der Waals surface area contributed by atoms with Gasteiger partial charge in [0.1, 0.15) is 0 Å². The van der Waals surface area contributed by atoms with E-state index in [1.165, 1.54) is 16.8 Å².